The number of aromatic nitrogens is 1. The van der Waals surface area contributed by atoms with Gasteiger partial charge < -0.3 is 24.0 Å². The highest BCUT2D eigenvalue weighted by molar-refractivity contribution is 5.90. The van der Waals surface area contributed by atoms with E-state index < -0.39 is 6.04 Å². The van der Waals surface area contributed by atoms with Crippen LogP contribution in [-0.2, 0) is 16.1 Å². The van der Waals surface area contributed by atoms with E-state index in [0.29, 0.717) is 45.1 Å². The van der Waals surface area contributed by atoms with E-state index >= 15 is 0 Å². The Morgan fingerprint density at radius 2 is 1.93 bits per heavy atom. The van der Waals surface area contributed by atoms with Crippen LogP contribution in [0.1, 0.15) is 37.3 Å². The zero-order valence-electron chi connectivity index (χ0n) is 16.9. The molecule has 0 radical (unpaired) electrons. The Kier molecular flexibility index (Phi) is 5.74. The highest BCUT2D eigenvalue weighted by atomic mass is 16.5. The van der Waals surface area contributed by atoms with E-state index in [9.17, 15) is 9.59 Å². The van der Waals surface area contributed by atoms with E-state index in [2.05, 4.69) is 19.0 Å². The van der Waals surface area contributed by atoms with Gasteiger partial charge in [-0.15, -0.1) is 0 Å². The van der Waals surface area contributed by atoms with Gasteiger partial charge in [0, 0.05) is 32.3 Å². The summed E-state index contributed by atoms with van der Waals surface area (Å²) < 4.78 is 10.4. The Morgan fingerprint density at radius 1 is 1.22 bits per heavy atom. The molecule has 2 aliphatic rings. The second kappa shape index (κ2) is 7.88. The van der Waals surface area contributed by atoms with E-state index in [0.717, 1.165) is 17.0 Å². The van der Waals surface area contributed by atoms with Crippen LogP contribution in [0.25, 0.3) is 0 Å². The predicted molar refractivity (Wildman–Crippen MR) is 99.1 cm³/mol. The second-order valence-corrected chi connectivity index (χ2v) is 7.95. The molecule has 2 aliphatic heterocycles. The maximum atomic E-state index is 13.2. The average Bonchev–Trinajstić information content (AvgIpc) is 3.09. The van der Waals surface area contributed by atoms with Crippen LogP contribution >= 0.6 is 0 Å². The second-order valence-electron chi connectivity index (χ2n) is 7.95. The van der Waals surface area contributed by atoms with Gasteiger partial charge in [-0.3, -0.25) is 4.79 Å². The van der Waals surface area contributed by atoms with Crippen molar-refractivity contribution >= 4 is 11.9 Å². The molecule has 0 aliphatic carbocycles. The molecule has 1 aromatic heterocycles. The Labute approximate surface area is 160 Å². The third kappa shape index (κ3) is 3.81. The molecule has 8 heteroatoms. The molecule has 0 spiro atoms. The van der Waals surface area contributed by atoms with Crippen LogP contribution in [0, 0.1) is 19.8 Å². The minimum atomic E-state index is -0.400. The summed E-state index contributed by atoms with van der Waals surface area (Å²) in [6, 6.07) is -0.454. The lowest BCUT2D eigenvalue weighted by Gasteiger charge is -2.42. The highest BCUT2D eigenvalue weighted by Crippen LogP contribution is 2.30. The molecule has 2 saturated heterocycles. The molecule has 0 N–H and O–H groups in total. The van der Waals surface area contributed by atoms with Crippen LogP contribution in [0.5, 0.6) is 0 Å². The fraction of sp³-hybridized carbons (Fsp3) is 0.737. The lowest BCUT2D eigenvalue weighted by atomic mass is 9.97. The van der Waals surface area contributed by atoms with Crippen molar-refractivity contribution in [2.24, 2.45) is 5.92 Å². The van der Waals surface area contributed by atoms with Crippen LogP contribution in [0.15, 0.2) is 4.52 Å². The number of amides is 3. The number of piperazine rings is 1. The van der Waals surface area contributed by atoms with Crippen LogP contribution in [0.3, 0.4) is 0 Å². The summed E-state index contributed by atoms with van der Waals surface area (Å²) in [6.07, 6.45) is 0.670. The fourth-order valence-electron chi connectivity index (χ4n) is 4.06. The quantitative estimate of drug-likeness (QED) is 0.723. The number of carbonyl (C=O) groups excluding carboxylic acids is 2. The Bertz CT molecular complexity index is 682. The zero-order valence-corrected chi connectivity index (χ0v) is 16.9. The zero-order chi connectivity index (χ0) is 19.7. The van der Waals surface area contributed by atoms with Crippen molar-refractivity contribution in [1.82, 2.24) is 19.9 Å². The van der Waals surface area contributed by atoms with Crippen molar-refractivity contribution < 1.29 is 18.8 Å². The van der Waals surface area contributed by atoms with Gasteiger partial charge in [0.1, 0.15) is 11.8 Å². The van der Waals surface area contributed by atoms with Crippen LogP contribution in [0.4, 0.5) is 4.79 Å². The number of fused-ring (bicyclic) bond motifs is 1. The van der Waals surface area contributed by atoms with E-state index in [-0.39, 0.29) is 18.0 Å². The van der Waals surface area contributed by atoms with Gasteiger partial charge in [0.05, 0.1) is 24.9 Å². The number of hydrogen-bond acceptors (Lipinski definition) is 5. The highest BCUT2D eigenvalue weighted by Gasteiger charge is 2.49. The molecule has 3 rings (SSSR count). The van der Waals surface area contributed by atoms with Crippen LogP contribution < -0.4 is 0 Å². The maximum Gasteiger partial charge on any atom is 0.321 e. The van der Waals surface area contributed by atoms with Crippen molar-refractivity contribution in [2.45, 2.75) is 52.7 Å². The maximum absolute atomic E-state index is 13.2. The predicted octanol–water partition coefficient (Wildman–Crippen LogP) is 1.80. The van der Waals surface area contributed by atoms with Gasteiger partial charge in [-0.05, 0) is 26.2 Å². The summed E-state index contributed by atoms with van der Waals surface area (Å²) >= 11 is 0. The summed E-state index contributed by atoms with van der Waals surface area (Å²) in [5, 5.41) is 3.98. The molecular weight excluding hydrogens is 348 g/mol. The number of ether oxygens (including phenoxy) is 1. The molecule has 0 saturated carbocycles. The summed E-state index contributed by atoms with van der Waals surface area (Å²) in [6.45, 7) is 10.6. The molecule has 2 fully saturated rings. The molecule has 0 aromatic carbocycles. The van der Waals surface area contributed by atoms with Crippen molar-refractivity contribution in [3.8, 4) is 0 Å². The molecule has 27 heavy (non-hydrogen) atoms. The van der Waals surface area contributed by atoms with Gasteiger partial charge in [0.25, 0.3) is 0 Å². The minimum Gasteiger partial charge on any atom is -0.383 e. The molecule has 1 aromatic rings. The van der Waals surface area contributed by atoms with Crippen molar-refractivity contribution in [1.29, 1.82) is 0 Å². The van der Waals surface area contributed by atoms with Crippen LogP contribution in [-0.4, -0.2) is 77.2 Å². The van der Waals surface area contributed by atoms with Gasteiger partial charge in [0.2, 0.25) is 5.91 Å². The van der Waals surface area contributed by atoms with E-state index in [1.165, 1.54) is 0 Å². The van der Waals surface area contributed by atoms with Gasteiger partial charge in [-0.2, -0.15) is 0 Å². The molecule has 0 unspecified atom stereocenters. The van der Waals surface area contributed by atoms with E-state index in [1.807, 2.05) is 28.5 Å². The summed E-state index contributed by atoms with van der Waals surface area (Å²) in [7, 11) is 1.64. The topological polar surface area (TPSA) is 79.1 Å². The van der Waals surface area contributed by atoms with Crippen LogP contribution in [0.2, 0.25) is 0 Å². The van der Waals surface area contributed by atoms with Crippen molar-refractivity contribution in [3.05, 3.63) is 17.0 Å². The summed E-state index contributed by atoms with van der Waals surface area (Å²) in [5.74, 6) is 1.10. The minimum absolute atomic E-state index is 0.0104. The molecule has 2 atom stereocenters. The molecule has 8 nitrogen and oxygen atoms in total. The SMILES string of the molecule is COCCN1C[C@H]2CN(Cc3c(C)noc3C)C(=O)N2[C@@H](CC(C)C)C1=O. The van der Waals surface area contributed by atoms with Gasteiger partial charge in [-0.25, -0.2) is 4.79 Å². The van der Waals surface area contributed by atoms with Gasteiger partial charge in [0.15, 0.2) is 0 Å². The first-order chi connectivity index (χ1) is 12.8. The number of urea groups is 1. The summed E-state index contributed by atoms with van der Waals surface area (Å²) in [4.78, 5) is 31.7. The van der Waals surface area contributed by atoms with Crippen molar-refractivity contribution in [3.63, 3.8) is 0 Å². The molecule has 150 valence electrons. The molecule has 0 bridgehead atoms. The normalized spacial score (nSPS) is 23.0. The number of carbonyl (C=O) groups is 2. The third-order valence-electron chi connectivity index (χ3n) is 5.47. The van der Waals surface area contributed by atoms with Gasteiger partial charge >= 0.3 is 6.03 Å². The van der Waals surface area contributed by atoms with Gasteiger partial charge in [-0.1, -0.05) is 19.0 Å². The van der Waals surface area contributed by atoms with Crippen molar-refractivity contribution in [2.75, 3.05) is 33.4 Å². The standard InChI is InChI=1S/C19H30N4O4/c1-12(2)8-17-18(24)21(6-7-26-5)9-15-10-22(19(25)23(15)17)11-16-13(3)20-27-14(16)4/h12,15,17H,6-11H2,1-5H3/t15-,17-/m0/s1. The first-order valence-corrected chi connectivity index (χ1v) is 9.60. The first-order valence-electron chi connectivity index (χ1n) is 9.60. The third-order valence-corrected chi connectivity index (χ3v) is 5.47. The molecule has 3 amide bonds. The average molecular weight is 378 g/mol. The molecular formula is C19H30N4O4. The Hall–Kier alpha value is -2.09. The summed E-state index contributed by atoms with van der Waals surface area (Å²) in [5.41, 5.74) is 1.76. The number of aryl methyl sites for hydroxylation is 2. The Morgan fingerprint density at radius 3 is 2.52 bits per heavy atom. The fourth-order valence-corrected chi connectivity index (χ4v) is 4.06. The smallest absolute Gasteiger partial charge is 0.321 e. The number of nitrogens with zero attached hydrogens (tertiary/aromatic N) is 4. The number of hydrogen-bond donors (Lipinski definition) is 0. The lowest BCUT2D eigenvalue weighted by Crippen LogP contribution is -2.61. The number of rotatable bonds is 7. The molecule has 3 heterocycles. The van der Waals surface area contributed by atoms with E-state index in [1.54, 1.807) is 7.11 Å². The number of methoxy groups -OCH3 is 1. The van der Waals surface area contributed by atoms with E-state index in [4.69, 9.17) is 9.26 Å². The Balaban J connectivity index is 1.81. The monoisotopic (exact) mass is 378 g/mol. The first kappa shape index (κ1) is 19.7. The lowest BCUT2D eigenvalue weighted by molar-refractivity contribution is -0.143. The largest absolute Gasteiger partial charge is 0.383 e.